The molecule has 0 aromatic rings. The summed E-state index contributed by atoms with van der Waals surface area (Å²) in [5.74, 6) is 0. The van der Waals surface area contributed by atoms with Gasteiger partial charge >= 0.3 is 0 Å². The Morgan fingerprint density at radius 3 is 0.875 bits per heavy atom. The number of rotatable bonds is 8. The van der Waals surface area contributed by atoms with Gasteiger partial charge < -0.3 is 12.3 Å². The summed E-state index contributed by atoms with van der Waals surface area (Å²) in [4.78, 5) is 0. The second-order valence-electron chi connectivity index (χ2n) is 3.18. The summed E-state index contributed by atoms with van der Waals surface area (Å²) in [5, 5.41) is 0. The van der Waals surface area contributed by atoms with Gasteiger partial charge in [0.05, 0.1) is 0 Å². The molecule has 0 atom stereocenters. The maximum atomic E-state index is 3.77. The first-order chi connectivity index (χ1) is 6.79. The van der Waals surface area contributed by atoms with Gasteiger partial charge in [0.15, 0.2) is 0 Å². The maximum absolute atomic E-state index is 3.77. The first-order valence-electron chi connectivity index (χ1n) is 4.93. The minimum atomic E-state index is 0. The van der Waals surface area contributed by atoms with Crippen LogP contribution in [-0.2, 0) is 0 Å². The molecule has 0 unspecified atom stereocenters. The van der Waals surface area contributed by atoms with Crippen LogP contribution in [0.1, 0.15) is 25.7 Å². The third-order valence-corrected chi connectivity index (χ3v) is 2.06. The van der Waals surface area contributed by atoms with Crippen LogP contribution in [0, 0.1) is 0 Å². The largest absolute Gasteiger partial charge is 0.344 e. The Morgan fingerprint density at radius 2 is 0.750 bits per heavy atom. The van der Waals surface area contributed by atoms with Crippen LogP contribution < -0.4 is 12.3 Å². The van der Waals surface area contributed by atoms with Crippen molar-refractivity contribution in [2.45, 2.75) is 25.7 Å². The van der Waals surface area contributed by atoms with E-state index in [1.165, 1.54) is 11.1 Å². The molecular formula is C14H26N2. The summed E-state index contributed by atoms with van der Waals surface area (Å²) in [7, 11) is 0. The predicted molar refractivity (Wildman–Crippen MR) is 76.3 cm³/mol. The quantitative estimate of drug-likeness (QED) is 0.573. The zero-order valence-electron chi connectivity index (χ0n) is 10.4. The number of hydrogen-bond acceptors (Lipinski definition) is 2. The molecule has 2 nitrogen and oxygen atoms in total. The fourth-order valence-electron chi connectivity index (χ4n) is 1.44. The zero-order valence-corrected chi connectivity index (χ0v) is 10.4. The fraction of sp³-hybridized carbons (Fsp3) is 0.286. The summed E-state index contributed by atoms with van der Waals surface area (Å²) in [6.45, 7) is 15.1. The highest BCUT2D eigenvalue weighted by atomic mass is 14.1. The van der Waals surface area contributed by atoms with Crippen molar-refractivity contribution in [2.75, 3.05) is 0 Å². The Morgan fingerprint density at radius 1 is 0.562 bits per heavy atom. The first-order valence-corrected chi connectivity index (χ1v) is 4.93. The van der Waals surface area contributed by atoms with Gasteiger partial charge in [-0.1, -0.05) is 35.5 Å². The normalized spacial score (nSPS) is 7.75. The molecule has 16 heavy (non-hydrogen) atoms. The van der Waals surface area contributed by atoms with Crippen molar-refractivity contribution in [3.05, 3.63) is 61.8 Å². The minimum Gasteiger partial charge on any atom is -0.344 e. The molecule has 0 aliphatic rings. The van der Waals surface area contributed by atoms with Gasteiger partial charge in [0.25, 0.3) is 0 Å². The molecule has 92 valence electrons. The molecule has 2 heteroatoms. The second-order valence-corrected chi connectivity index (χ2v) is 3.18. The van der Waals surface area contributed by atoms with E-state index in [1.54, 1.807) is 0 Å². The Balaban J connectivity index is -0.000000845. The molecule has 0 saturated heterocycles. The van der Waals surface area contributed by atoms with E-state index >= 15 is 0 Å². The van der Waals surface area contributed by atoms with Gasteiger partial charge in [-0.15, -0.1) is 26.3 Å². The van der Waals surface area contributed by atoms with Crippen molar-refractivity contribution in [1.82, 2.24) is 12.3 Å². The van der Waals surface area contributed by atoms with Gasteiger partial charge in [-0.05, 0) is 25.7 Å². The molecule has 0 saturated carbocycles. The summed E-state index contributed by atoms with van der Waals surface area (Å²) < 4.78 is 0. The van der Waals surface area contributed by atoms with Crippen LogP contribution in [0.3, 0.4) is 0 Å². The molecule has 0 fully saturated rings. The molecule has 6 N–H and O–H groups in total. The topological polar surface area (TPSA) is 70.0 Å². The van der Waals surface area contributed by atoms with Crippen LogP contribution in [0.25, 0.3) is 0 Å². The van der Waals surface area contributed by atoms with Crippen LogP contribution in [0.4, 0.5) is 0 Å². The van der Waals surface area contributed by atoms with Crippen molar-refractivity contribution in [1.29, 1.82) is 0 Å². The zero-order chi connectivity index (χ0) is 10.8. The Bertz CT molecular complexity index is 199. The van der Waals surface area contributed by atoms with E-state index in [-0.39, 0.29) is 12.3 Å². The van der Waals surface area contributed by atoms with Crippen molar-refractivity contribution < 1.29 is 0 Å². The molecule has 0 aromatic carbocycles. The van der Waals surface area contributed by atoms with Gasteiger partial charge in [0.1, 0.15) is 0 Å². The van der Waals surface area contributed by atoms with Crippen molar-refractivity contribution in [3.63, 3.8) is 0 Å². The van der Waals surface area contributed by atoms with Gasteiger partial charge in [-0.25, -0.2) is 0 Å². The van der Waals surface area contributed by atoms with Crippen molar-refractivity contribution in [3.8, 4) is 0 Å². The lowest BCUT2D eigenvalue weighted by Crippen LogP contribution is -1.90. The summed E-state index contributed by atoms with van der Waals surface area (Å²) in [6.07, 6.45) is 11.5. The molecule has 0 radical (unpaired) electrons. The molecule has 0 spiro atoms. The highest BCUT2D eigenvalue weighted by molar-refractivity contribution is 5.22. The van der Waals surface area contributed by atoms with E-state index in [0.717, 1.165) is 25.7 Å². The molecule has 0 aromatic heterocycles. The van der Waals surface area contributed by atoms with Gasteiger partial charge in [0, 0.05) is 0 Å². The van der Waals surface area contributed by atoms with Crippen LogP contribution in [0.5, 0.6) is 0 Å². The van der Waals surface area contributed by atoms with Crippen LogP contribution in [-0.4, -0.2) is 0 Å². The van der Waals surface area contributed by atoms with Gasteiger partial charge in [-0.2, -0.15) is 0 Å². The standard InChI is InChI=1S/C14H20.2H3N/c1-5-9-13(10-6-2)14(11-7-3)12-8-4;;/h5-8H,1-4,9-12H2;2*1H3. The Hall–Kier alpha value is -1.38. The molecule has 0 aliphatic heterocycles. The lowest BCUT2D eigenvalue weighted by molar-refractivity contribution is 0.981. The van der Waals surface area contributed by atoms with Crippen LogP contribution in [0.15, 0.2) is 61.8 Å². The van der Waals surface area contributed by atoms with Crippen LogP contribution >= 0.6 is 0 Å². The summed E-state index contributed by atoms with van der Waals surface area (Å²) in [6, 6.07) is 0. The Kier molecular flexibility index (Phi) is 17.1. The predicted octanol–water partition coefficient (Wildman–Crippen LogP) is 4.91. The molecule has 0 bridgehead atoms. The maximum Gasteiger partial charge on any atom is -0.0135 e. The summed E-state index contributed by atoms with van der Waals surface area (Å²) >= 11 is 0. The highest BCUT2D eigenvalue weighted by Gasteiger charge is 2.01. The third kappa shape index (κ3) is 7.97. The van der Waals surface area contributed by atoms with Crippen LogP contribution in [0.2, 0.25) is 0 Å². The molecule has 0 amide bonds. The average molecular weight is 222 g/mol. The number of allylic oxidation sites excluding steroid dienone is 6. The fourth-order valence-corrected chi connectivity index (χ4v) is 1.44. The van der Waals surface area contributed by atoms with Gasteiger partial charge in [0.2, 0.25) is 0 Å². The highest BCUT2D eigenvalue weighted by Crippen LogP contribution is 2.20. The monoisotopic (exact) mass is 222 g/mol. The second kappa shape index (κ2) is 13.6. The van der Waals surface area contributed by atoms with Gasteiger partial charge in [-0.3, -0.25) is 0 Å². The van der Waals surface area contributed by atoms with E-state index in [0.29, 0.717) is 0 Å². The average Bonchev–Trinajstić information content (AvgIpc) is 2.17. The molecular weight excluding hydrogens is 196 g/mol. The third-order valence-electron chi connectivity index (χ3n) is 2.06. The lowest BCUT2D eigenvalue weighted by Gasteiger charge is -2.09. The SMILES string of the molecule is C=CCC(CC=C)=C(CC=C)CC=C.N.N. The first kappa shape index (κ1) is 20.1. The summed E-state index contributed by atoms with van der Waals surface area (Å²) in [5.41, 5.74) is 2.80. The molecule has 0 rings (SSSR count). The van der Waals surface area contributed by atoms with E-state index in [9.17, 15) is 0 Å². The minimum absolute atomic E-state index is 0. The van der Waals surface area contributed by atoms with E-state index in [2.05, 4.69) is 26.3 Å². The smallest absolute Gasteiger partial charge is 0.0135 e. The molecule has 0 aliphatic carbocycles. The van der Waals surface area contributed by atoms with E-state index in [1.807, 2.05) is 24.3 Å². The lowest BCUT2D eigenvalue weighted by atomic mass is 9.97. The number of hydrogen-bond donors (Lipinski definition) is 2. The Labute approximate surface area is 100 Å². The van der Waals surface area contributed by atoms with E-state index in [4.69, 9.17) is 0 Å². The van der Waals surface area contributed by atoms with E-state index < -0.39 is 0 Å². The van der Waals surface area contributed by atoms with Crippen molar-refractivity contribution >= 4 is 0 Å². The van der Waals surface area contributed by atoms with Crippen molar-refractivity contribution in [2.24, 2.45) is 0 Å². The molecule has 0 heterocycles.